The molecule has 3 nitrogen and oxygen atoms in total. The molecule has 0 bridgehead atoms. The van der Waals surface area contributed by atoms with Crippen LogP contribution in [0, 0.1) is 12.8 Å². The van der Waals surface area contributed by atoms with Crippen molar-refractivity contribution in [2.75, 3.05) is 13.6 Å². The van der Waals surface area contributed by atoms with Crippen LogP contribution in [-0.2, 0) is 6.54 Å². The Morgan fingerprint density at radius 2 is 2.20 bits per heavy atom. The number of aromatic nitrogens is 2. The Hall–Kier alpha value is -1.49. The molecule has 0 saturated heterocycles. The zero-order chi connectivity index (χ0) is 14.3. The summed E-state index contributed by atoms with van der Waals surface area (Å²) in [5.74, 6) is -1.93. The molecule has 108 valence electrons. The van der Waals surface area contributed by atoms with E-state index in [-0.39, 0.29) is 6.42 Å². The average molecular weight is 279 g/mol. The largest absolute Gasteiger partial charge is 0.341 e. The van der Waals surface area contributed by atoms with Crippen LogP contribution < -0.4 is 0 Å². The minimum Gasteiger partial charge on any atom is -0.341 e. The predicted octanol–water partition coefficient (Wildman–Crippen LogP) is 3.35. The van der Waals surface area contributed by atoms with Gasteiger partial charge in [-0.1, -0.05) is 6.07 Å². The van der Waals surface area contributed by atoms with Crippen LogP contribution in [0.15, 0.2) is 18.2 Å². The lowest BCUT2D eigenvalue weighted by molar-refractivity contribution is 0.0943. The molecule has 1 aromatic heterocycles. The number of alkyl halides is 2. The molecule has 20 heavy (non-hydrogen) atoms. The van der Waals surface area contributed by atoms with Gasteiger partial charge in [-0.2, -0.15) is 0 Å². The Bertz CT molecular complexity index is 621. The second-order valence-electron chi connectivity index (χ2n) is 5.89. The highest BCUT2D eigenvalue weighted by Gasteiger charge is 2.55. The predicted molar refractivity (Wildman–Crippen MR) is 74.8 cm³/mol. The number of nitrogens with one attached hydrogen (secondary N) is 1. The van der Waals surface area contributed by atoms with Crippen molar-refractivity contribution >= 4 is 11.0 Å². The Morgan fingerprint density at radius 1 is 1.45 bits per heavy atom. The molecule has 2 aromatic rings. The van der Waals surface area contributed by atoms with E-state index in [9.17, 15) is 8.78 Å². The Labute approximate surface area is 117 Å². The molecule has 1 fully saturated rings. The maximum Gasteiger partial charge on any atom is 0.251 e. The van der Waals surface area contributed by atoms with E-state index in [4.69, 9.17) is 0 Å². The molecule has 0 radical (unpaired) electrons. The van der Waals surface area contributed by atoms with Crippen LogP contribution in [0.2, 0.25) is 0 Å². The molecular formula is C15H19F2N3. The summed E-state index contributed by atoms with van der Waals surface area (Å²) in [5, 5.41) is 0. The van der Waals surface area contributed by atoms with Gasteiger partial charge in [0.15, 0.2) is 0 Å². The van der Waals surface area contributed by atoms with E-state index in [1.807, 2.05) is 31.0 Å². The summed E-state index contributed by atoms with van der Waals surface area (Å²) < 4.78 is 25.6. The molecule has 5 heteroatoms. The first-order valence-corrected chi connectivity index (χ1v) is 6.96. The van der Waals surface area contributed by atoms with E-state index in [1.54, 1.807) is 0 Å². The van der Waals surface area contributed by atoms with Crippen molar-refractivity contribution in [3.8, 4) is 0 Å². The number of fused-ring (bicyclic) bond motifs is 1. The van der Waals surface area contributed by atoms with E-state index in [0.29, 0.717) is 19.5 Å². The molecule has 1 N–H and O–H groups in total. The molecule has 1 heterocycles. The smallest absolute Gasteiger partial charge is 0.251 e. The number of halogens is 2. The Morgan fingerprint density at radius 3 is 2.90 bits per heavy atom. The molecule has 0 spiro atoms. The van der Waals surface area contributed by atoms with Gasteiger partial charge in [0, 0.05) is 12.3 Å². The van der Waals surface area contributed by atoms with Gasteiger partial charge in [-0.25, -0.2) is 13.8 Å². The van der Waals surface area contributed by atoms with Crippen LogP contribution in [0.5, 0.6) is 0 Å². The Kier molecular flexibility index (Phi) is 3.24. The van der Waals surface area contributed by atoms with Crippen LogP contribution in [0.1, 0.15) is 24.2 Å². The van der Waals surface area contributed by atoms with E-state index in [1.165, 1.54) is 5.56 Å². The lowest BCUT2D eigenvalue weighted by Crippen LogP contribution is -2.20. The second-order valence-corrected chi connectivity index (χ2v) is 5.89. The third-order valence-corrected chi connectivity index (χ3v) is 3.92. The van der Waals surface area contributed by atoms with Gasteiger partial charge >= 0.3 is 0 Å². The van der Waals surface area contributed by atoms with Crippen LogP contribution in [0.25, 0.3) is 11.0 Å². The summed E-state index contributed by atoms with van der Waals surface area (Å²) in [5.41, 5.74) is 3.17. The fraction of sp³-hybridized carbons (Fsp3) is 0.533. The molecule has 1 aliphatic carbocycles. The van der Waals surface area contributed by atoms with Crippen molar-refractivity contribution in [1.29, 1.82) is 0 Å². The van der Waals surface area contributed by atoms with E-state index >= 15 is 0 Å². The SMILES string of the molecule is Cc1ccc2nc(CN(C)CC[C@@H]3CC3(F)F)[nH]c2c1. The van der Waals surface area contributed by atoms with E-state index < -0.39 is 11.8 Å². The first-order valence-electron chi connectivity index (χ1n) is 6.96. The summed E-state index contributed by atoms with van der Waals surface area (Å²) in [6.07, 6.45) is 0.619. The van der Waals surface area contributed by atoms with E-state index in [0.717, 1.165) is 16.9 Å². The van der Waals surface area contributed by atoms with Crippen LogP contribution in [0.4, 0.5) is 8.78 Å². The summed E-state index contributed by atoms with van der Waals surface area (Å²) in [7, 11) is 1.94. The maximum atomic E-state index is 12.8. The first kappa shape index (κ1) is 13.5. The maximum absolute atomic E-state index is 12.8. The molecular weight excluding hydrogens is 260 g/mol. The lowest BCUT2D eigenvalue weighted by atomic mass is 10.2. The molecule has 1 atom stereocenters. The van der Waals surface area contributed by atoms with Crippen LogP contribution >= 0.6 is 0 Å². The summed E-state index contributed by atoms with van der Waals surface area (Å²) in [6, 6.07) is 6.10. The van der Waals surface area contributed by atoms with Gasteiger partial charge in [0.1, 0.15) is 5.82 Å². The highest BCUT2D eigenvalue weighted by molar-refractivity contribution is 5.75. The Balaban J connectivity index is 1.58. The minimum atomic E-state index is -2.41. The molecule has 0 amide bonds. The number of aryl methyl sites for hydroxylation is 1. The highest BCUT2D eigenvalue weighted by atomic mass is 19.3. The number of hydrogen-bond acceptors (Lipinski definition) is 2. The number of imidazole rings is 1. The standard InChI is InChI=1S/C15H19F2N3/c1-10-3-4-12-13(7-10)19-14(18-12)9-20(2)6-5-11-8-15(11,16)17/h3-4,7,11H,5-6,8-9H2,1-2H3,(H,18,19)/t11-/m1/s1. The van der Waals surface area contributed by atoms with Crippen LogP contribution in [0.3, 0.4) is 0 Å². The zero-order valence-electron chi connectivity index (χ0n) is 11.8. The topological polar surface area (TPSA) is 31.9 Å². The second kappa shape index (κ2) is 4.81. The number of nitrogens with zero attached hydrogens (tertiary/aromatic N) is 2. The van der Waals surface area contributed by atoms with Crippen molar-refractivity contribution in [2.24, 2.45) is 5.92 Å². The van der Waals surface area contributed by atoms with Crippen molar-refractivity contribution < 1.29 is 8.78 Å². The third kappa shape index (κ3) is 2.82. The van der Waals surface area contributed by atoms with Crippen molar-refractivity contribution in [2.45, 2.75) is 32.2 Å². The summed E-state index contributed by atoms with van der Waals surface area (Å²) in [6.45, 7) is 3.38. The normalized spacial score (nSPS) is 20.8. The highest BCUT2D eigenvalue weighted by Crippen LogP contribution is 2.50. The summed E-state index contributed by atoms with van der Waals surface area (Å²) >= 11 is 0. The minimum absolute atomic E-state index is 0.0603. The van der Waals surface area contributed by atoms with E-state index in [2.05, 4.69) is 16.0 Å². The van der Waals surface area contributed by atoms with Crippen molar-refractivity contribution in [3.05, 3.63) is 29.6 Å². The fourth-order valence-electron chi connectivity index (χ4n) is 2.54. The monoisotopic (exact) mass is 279 g/mol. The quantitative estimate of drug-likeness (QED) is 0.910. The molecule has 1 aromatic carbocycles. The lowest BCUT2D eigenvalue weighted by Gasteiger charge is -2.14. The molecule has 3 rings (SSSR count). The molecule has 0 aliphatic heterocycles. The van der Waals surface area contributed by atoms with Gasteiger partial charge in [0.25, 0.3) is 5.92 Å². The van der Waals surface area contributed by atoms with Gasteiger partial charge in [-0.3, -0.25) is 4.90 Å². The molecule has 0 unspecified atom stereocenters. The zero-order valence-corrected chi connectivity index (χ0v) is 11.8. The van der Waals surface area contributed by atoms with Gasteiger partial charge in [-0.05, 0) is 44.6 Å². The van der Waals surface area contributed by atoms with Gasteiger partial charge < -0.3 is 4.98 Å². The van der Waals surface area contributed by atoms with Gasteiger partial charge in [-0.15, -0.1) is 0 Å². The fourth-order valence-corrected chi connectivity index (χ4v) is 2.54. The average Bonchev–Trinajstić information content (AvgIpc) is 2.79. The number of hydrogen-bond donors (Lipinski definition) is 1. The van der Waals surface area contributed by atoms with Crippen LogP contribution in [-0.4, -0.2) is 34.4 Å². The van der Waals surface area contributed by atoms with Crippen molar-refractivity contribution in [3.63, 3.8) is 0 Å². The number of rotatable bonds is 5. The number of H-pyrrole nitrogens is 1. The van der Waals surface area contributed by atoms with Crippen molar-refractivity contribution in [1.82, 2.24) is 14.9 Å². The number of benzene rings is 1. The molecule has 1 saturated carbocycles. The van der Waals surface area contributed by atoms with Gasteiger partial charge in [0.2, 0.25) is 0 Å². The van der Waals surface area contributed by atoms with Gasteiger partial charge in [0.05, 0.1) is 17.6 Å². The third-order valence-electron chi connectivity index (χ3n) is 3.92. The first-order chi connectivity index (χ1) is 9.44. The molecule has 1 aliphatic rings. The summed E-state index contributed by atoms with van der Waals surface area (Å²) in [4.78, 5) is 9.85. The number of aromatic amines is 1.